The van der Waals surface area contributed by atoms with Crippen LogP contribution in [0.2, 0.25) is 0 Å². The second kappa shape index (κ2) is 4.31. The Morgan fingerprint density at radius 1 is 1.29 bits per heavy atom. The van der Waals surface area contributed by atoms with Gasteiger partial charge in [-0.15, -0.1) is 0 Å². The quantitative estimate of drug-likeness (QED) is 0.797. The molecule has 2 N–H and O–H groups in total. The molecule has 2 nitrogen and oxygen atoms in total. The summed E-state index contributed by atoms with van der Waals surface area (Å²) < 4.78 is 7.63. The van der Waals surface area contributed by atoms with Crippen molar-refractivity contribution >= 4 is 31.9 Å². The summed E-state index contributed by atoms with van der Waals surface area (Å²) in [6.45, 7) is 1.35. The van der Waals surface area contributed by atoms with Crippen LogP contribution in [0.4, 0.5) is 0 Å². The van der Waals surface area contributed by atoms with E-state index in [9.17, 15) is 0 Å². The molecule has 0 aromatic heterocycles. The van der Waals surface area contributed by atoms with Crippen molar-refractivity contribution in [3.05, 3.63) is 32.2 Å². The van der Waals surface area contributed by atoms with Gasteiger partial charge in [-0.2, -0.15) is 0 Å². The van der Waals surface area contributed by atoms with Gasteiger partial charge in [0, 0.05) is 8.95 Å². The highest BCUT2D eigenvalue weighted by Gasteiger charge is 2.20. The molecule has 1 unspecified atom stereocenters. The average molecular weight is 321 g/mol. The van der Waals surface area contributed by atoms with Crippen LogP contribution in [0.15, 0.2) is 21.1 Å². The van der Waals surface area contributed by atoms with Gasteiger partial charge in [0.25, 0.3) is 0 Å². The molecule has 1 aromatic carbocycles. The Kier molecular flexibility index (Phi) is 3.27. The van der Waals surface area contributed by atoms with Crippen LogP contribution in [0, 0.1) is 0 Å². The molecule has 1 aliphatic heterocycles. The van der Waals surface area contributed by atoms with Crippen LogP contribution in [-0.4, -0.2) is 13.2 Å². The van der Waals surface area contributed by atoms with Gasteiger partial charge in [-0.25, -0.2) is 0 Å². The zero-order chi connectivity index (χ0) is 10.1. The van der Waals surface area contributed by atoms with Gasteiger partial charge in [-0.3, -0.25) is 0 Å². The maximum atomic E-state index is 6.04. The van der Waals surface area contributed by atoms with E-state index in [-0.39, 0.29) is 6.04 Å². The third-order valence-corrected chi connectivity index (χ3v) is 3.85. The molecule has 1 aromatic rings. The third kappa shape index (κ3) is 1.89. The summed E-state index contributed by atoms with van der Waals surface area (Å²) >= 11 is 7.08. The Labute approximate surface area is 100 Å². The van der Waals surface area contributed by atoms with Crippen molar-refractivity contribution in [1.82, 2.24) is 0 Å². The predicted molar refractivity (Wildman–Crippen MR) is 63.3 cm³/mol. The monoisotopic (exact) mass is 319 g/mol. The molecule has 0 saturated heterocycles. The Balaban J connectivity index is 2.57. The summed E-state index contributed by atoms with van der Waals surface area (Å²) in [6.07, 6.45) is 0.920. The first-order valence-corrected chi connectivity index (χ1v) is 6.09. The molecule has 76 valence electrons. The lowest BCUT2D eigenvalue weighted by Gasteiger charge is -2.15. The molecule has 0 aliphatic carbocycles. The summed E-state index contributed by atoms with van der Waals surface area (Å²) in [5.74, 6) is 0. The molecule has 2 rings (SSSR count). The molecule has 14 heavy (non-hydrogen) atoms. The van der Waals surface area contributed by atoms with Crippen molar-refractivity contribution in [2.75, 3.05) is 13.2 Å². The van der Waals surface area contributed by atoms with Gasteiger partial charge in [-0.05, 0) is 29.7 Å². The largest absolute Gasteiger partial charge is 0.379 e. The minimum absolute atomic E-state index is 0.0284. The standard InChI is InChI=1S/C10H11Br2NO/c11-7-1-2-8(12)10-6(7)3-4-14-5-9(10)13/h1-2,9H,3-5,13H2. The summed E-state index contributed by atoms with van der Waals surface area (Å²) in [4.78, 5) is 0. The number of hydrogen-bond acceptors (Lipinski definition) is 2. The Hall–Kier alpha value is 0.1000. The lowest BCUT2D eigenvalue weighted by Crippen LogP contribution is -2.16. The summed E-state index contributed by atoms with van der Waals surface area (Å²) in [6, 6.07) is 4.04. The van der Waals surface area contributed by atoms with Gasteiger partial charge in [0.1, 0.15) is 0 Å². The fourth-order valence-corrected chi connectivity index (χ4v) is 2.94. The Morgan fingerprint density at radius 3 is 2.79 bits per heavy atom. The van der Waals surface area contributed by atoms with Crippen LogP contribution in [0.1, 0.15) is 17.2 Å². The van der Waals surface area contributed by atoms with E-state index in [1.54, 1.807) is 0 Å². The molecular formula is C10H11Br2NO. The van der Waals surface area contributed by atoms with E-state index in [4.69, 9.17) is 10.5 Å². The highest BCUT2D eigenvalue weighted by atomic mass is 79.9. The third-order valence-electron chi connectivity index (χ3n) is 2.41. The smallest absolute Gasteiger partial charge is 0.0660 e. The number of hydrogen-bond donors (Lipinski definition) is 1. The van der Waals surface area contributed by atoms with E-state index in [2.05, 4.69) is 31.9 Å². The molecule has 1 atom stereocenters. The van der Waals surface area contributed by atoms with Crippen molar-refractivity contribution in [3.8, 4) is 0 Å². The minimum Gasteiger partial charge on any atom is -0.379 e. The van der Waals surface area contributed by atoms with Crippen LogP contribution < -0.4 is 5.73 Å². The number of fused-ring (bicyclic) bond motifs is 1. The molecule has 0 amide bonds. The average Bonchev–Trinajstić information content (AvgIpc) is 2.35. The summed E-state index contributed by atoms with van der Waals surface area (Å²) in [5, 5.41) is 0. The van der Waals surface area contributed by atoms with Crippen LogP contribution >= 0.6 is 31.9 Å². The number of benzene rings is 1. The molecule has 4 heteroatoms. The maximum Gasteiger partial charge on any atom is 0.0660 e. The van der Waals surface area contributed by atoms with Gasteiger partial charge in [-0.1, -0.05) is 31.9 Å². The molecule has 0 fully saturated rings. The van der Waals surface area contributed by atoms with Crippen LogP contribution in [0.5, 0.6) is 0 Å². The summed E-state index contributed by atoms with van der Waals surface area (Å²) in [7, 11) is 0. The highest BCUT2D eigenvalue weighted by molar-refractivity contribution is 9.11. The number of nitrogens with two attached hydrogens (primary N) is 1. The Bertz CT molecular complexity index is 354. The normalized spacial score (nSPS) is 21.5. The number of halogens is 2. The topological polar surface area (TPSA) is 35.2 Å². The SMILES string of the molecule is NC1COCCc2c(Br)ccc(Br)c21. The highest BCUT2D eigenvalue weighted by Crippen LogP contribution is 2.33. The van der Waals surface area contributed by atoms with Gasteiger partial charge in [0.2, 0.25) is 0 Å². The van der Waals surface area contributed by atoms with E-state index in [1.807, 2.05) is 12.1 Å². The molecule has 0 spiro atoms. The lowest BCUT2D eigenvalue weighted by atomic mass is 10.0. The van der Waals surface area contributed by atoms with Crippen molar-refractivity contribution in [2.24, 2.45) is 5.73 Å². The van der Waals surface area contributed by atoms with Crippen molar-refractivity contribution in [3.63, 3.8) is 0 Å². The van der Waals surface area contributed by atoms with Crippen molar-refractivity contribution in [2.45, 2.75) is 12.5 Å². The maximum absolute atomic E-state index is 6.04. The minimum atomic E-state index is -0.0284. The van der Waals surface area contributed by atoms with Gasteiger partial charge in [0.15, 0.2) is 0 Å². The number of rotatable bonds is 0. The van der Waals surface area contributed by atoms with Gasteiger partial charge < -0.3 is 10.5 Å². The molecular weight excluding hydrogens is 310 g/mol. The summed E-state index contributed by atoms with van der Waals surface area (Å²) in [5.41, 5.74) is 8.49. The molecule has 1 heterocycles. The van der Waals surface area contributed by atoms with E-state index < -0.39 is 0 Å². The van der Waals surface area contributed by atoms with Crippen LogP contribution in [0.3, 0.4) is 0 Å². The molecule has 1 aliphatic rings. The van der Waals surface area contributed by atoms with Gasteiger partial charge >= 0.3 is 0 Å². The second-order valence-corrected chi connectivity index (χ2v) is 5.06. The number of ether oxygens (including phenoxy) is 1. The zero-order valence-corrected chi connectivity index (χ0v) is 10.8. The predicted octanol–water partition coefficient (Wildman–Crippen LogP) is 2.78. The molecule has 0 bridgehead atoms. The van der Waals surface area contributed by atoms with Crippen molar-refractivity contribution in [1.29, 1.82) is 0 Å². The second-order valence-electron chi connectivity index (χ2n) is 3.35. The molecule has 0 radical (unpaired) electrons. The molecule has 0 saturated carbocycles. The zero-order valence-electron chi connectivity index (χ0n) is 7.59. The van der Waals surface area contributed by atoms with E-state index in [0.717, 1.165) is 22.0 Å². The van der Waals surface area contributed by atoms with Crippen molar-refractivity contribution < 1.29 is 4.74 Å². The van der Waals surface area contributed by atoms with E-state index >= 15 is 0 Å². The van der Waals surface area contributed by atoms with Crippen LogP contribution in [-0.2, 0) is 11.2 Å². The van der Waals surface area contributed by atoms with Crippen LogP contribution in [0.25, 0.3) is 0 Å². The fourth-order valence-electron chi connectivity index (χ4n) is 1.73. The van der Waals surface area contributed by atoms with Gasteiger partial charge in [0.05, 0.1) is 19.3 Å². The lowest BCUT2D eigenvalue weighted by molar-refractivity contribution is 0.131. The first-order chi connectivity index (χ1) is 6.70. The first kappa shape index (κ1) is 10.6. The van der Waals surface area contributed by atoms with E-state index in [1.165, 1.54) is 11.1 Å². The van der Waals surface area contributed by atoms with E-state index in [0.29, 0.717) is 6.61 Å². The fraction of sp³-hybridized carbons (Fsp3) is 0.400. The first-order valence-electron chi connectivity index (χ1n) is 4.50. The Morgan fingerprint density at radius 2 is 2.00 bits per heavy atom.